The van der Waals surface area contributed by atoms with E-state index < -0.39 is 5.79 Å². The highest BCUT2D eigenvalue weighted by Gasteiger charge is 2.72. The lowest BCUT2D eigenvalue weighted by molar-refractivity contribution is -0.372. The normalized spacial score (nSPS) is 49.2. The number of allylic oxidation sites excluding steroid dienone is 2. The molecule has 7 rings (SSSR count). The molecule has 6 aliphatic rings. The Morgan fingerprint density at radius 1 is 0.913 bits per heavy atom. The molecule has 0 spiro atoms. The van der Waals surface area contributed by atoms with E-state index in [1.165, 1.54) is 18.4 Å². The number of hydrogen-bond donors (Lipinski definition) is 0. The van der Waals surface area contributed by atoms with Crippen LogP contribution in [-0.2, 0) is 30.3 Å². The molecule has 0 N–H and O–H groups in total. The van der Waals surface area contributed by atoms with Crippen LogP contribution in [0.1, 0.15) is 112 Å². The summed E-state index contributed by atoms with van der Waals surface area (Å²) >= 11 is 0. The maximum absolute atomic E-state index is 13.7. The van der Waals surface area contributed by atoms with Gasteiger partial charge in [0.15, 0.2) is 5.79 Å². The van der Waals surface area contributed by atoms with Gasteiger partial charge in [-0.1, -0.05) is 83.5 Å². The molecule has 254 valence electrons. The zero-order valence-electron chi connectivity index (χ0n) is 30.1. The van der Waals surface area contributed by atoms with Gasteiger partial charge in [0, 0.05) is 5.41 Å². The fraction of sp³-hybridized carbons (Fsp3) is 0.780. The molecule has 46 heavy (non-hydrogen) atoms. The number of esters is 1. The number of fused-ring (bicyclic) bond motifs is 9. The smallest absolute Gasteiger partial charge is 0.312 e. The standard InChI is InChI=1S/C41H60O5/c1-26-17-20-41(35(42)43-9)22-21-39(7)29(33(41)27(26)2)15-16-32-37(5)23-30(44-24-28-13-11-10-12-14-28)34-38(6,25-45-36(3,4)46-34)31(37)18-19-40(32,39)8/h10-15,26-27,30-34H,16-25H2,1-9H3/t26-,27+,30-,31-,32-,33+,34?,37+,38+,39-,40-,41+/m1/s1. The predicted molar refractivity (Wildman–Crippen MR) is 181 cm³/mol. The average Bonchev–Trinajstić information content (AvgIpc) is 3.02. The highest BCUT2D eigenvalue weighted by atomic mass is 16.7. The molecule has 1 unspecified atom stereocenters. The maximum Gasteiger partial charge on any atom is 0.312 e. The van der Waals surface area contributed by atoms with Crippen molar-refractivity contribution in [1.82, 2.24) is 0 Å². The molecular formula is C41H60O5. The van der Waals surface area contributed by atoms with E-state index in [0.717, 1.165) is 38.5 Å². The van der Waals surface area contributed by atoms with E-state index in [0.29, 0.717) is 36.9 Å². The SMILES string of the molecule is COC(=O)[C@]12CC[C@@H](C)[C@H](C)[C@H]1C1=CC[C@@H]3[C@@]4(C)C[C@@H](OCc5ccccc5)C5OC(C)(C)OC[C@@]5(C)[C@@H]4CC[C@@]3(C)[C@]1(C)CC2. The van der Waals surface area contributed by atoms with Crippen molar-refractivity contribution in [1.29, 1.82) is 0 Å². The molecule has 1 aromatic rings. The number of rotatable bonds is 4. The lowest BCUT2D eigenvalue weighted by Crippen LogP contribution is -2.71. The highest BCUT2D eigenvalue weighted by molar-refractivity contribution is 5.78. The van der Waals surface area contributed by atoms with Crippen molar-refractivity contribution in [3.8, 4) is 0 Å². The van der Waals surface area contributed by atoms with Gasteiger partial charge in [0.2, 0.25) is 0 Å². The summed E-state index contributed by atoms with van der Waals surface area (Å²) in [6.45, 7) is 20.5. The number of methoxy groups -OCH3 is 1. The van der Waals surface area contributed by atoms with Crippen LogP contribution in [0.5, 0.6) is 0 Å². The molecule has 0 amide bonds. The Morgan fingerprint density at radius 3 is 2.37 bits per heavy atom. The number of carbonyl (C=O) groups is 1. The van der Waals surface area contributed by atoms with Crippen LogP contribution in [0.3, 0.4) is 0 Å². The van der Waals surface area contributed by atoms with E-state index in [1.807, 2.05) is 0 Å². The van der Waals surface area contributed by atoms with Crippen molar-refractivity contribution in [2.75, 3.05) is 13.7 Å². The van der Waals surface area contributed by atoms with Crippen LogP contribution in [0.2, 0.25) is 0 Å². The van der Waals surface area contributed by atoms with Gasteiger partial charge >= 0.3 is 5.97 Å². The number of benzene rings is 1. The molecule has 1 heterocycles. The number of carbonyl (C=O) groups excluding carboxylic acids is 1. The highest BCUT2D eigenvalue weighted by Crippen LogP contribution is 2.76. The van der Waals surface area contributed by atoms with E-state index >= 15 is 0 Å². The van der Waals surface area contributed by atoms with Crippen molar-refractivity contribution in [2.45, 2.75) is 131 Å². The molecule has 1 saturated heterocycles. The Bertz CT molecular complexity index is 1370. The van der Waals surface area contributed by atoms with E-state index in [2.05, 4.69) is 91.8 Å². The first kappa shape index (κ1) is 32.8. The summed E-state index contributed by atoms with van der Waals surface area (Å²) in [5.74, 6) is 1.77. The number of ether oxygens (including phenoxy) is 4. The minimum Gasteiger partial charge on any atom is -0.469 e. The summed E-state index contributed by atoms with van der Waals surface area (Å²) in [4.78, 5) is 13.7. The van der Waals surface area contributed by atoms with Gasteiger partial charge in [-0.15, -0.1) is 0 Å². The van der Waals surface area contributed by atoms with Crippen molar-refractivity contribution in [2.24, 2.45) is 56.7 Å². The van der Waals surface area contributed by atoms with Crippen LogP contribution in [0, 0.1) is 56.7 Å². The molecule has 5 fully saturated rings. The minimum atomic E-state index is -0.618. The molecule has 0 radical (unpaired) electrons. The van der Waals surface area contributed by atoms with E-state index in [-0.39, 0.29) is 51.2 Å². The van der Waals surface area contributed by atoms with E-state index in [4.69, 9.17) is 18.9 Å². The Hall–Kier alpha value is -1.69. The summed E-state index contributed by atoms with van der Waals surface area (Å²) < 4.78 is 25.9. The van der Waals surface area contributed by atoms with Crippen LogP contribution < -0.4 is 0 Å². The molecule has 1 aromatic carbocycles. The largest absolute Gasteiger partial charge is 0.469 e. The van der Waals surface area contributed by atoms with Crippen LogP contribution in [0.4, 0.5) is 0 Å². The first-order valence-corrected chi connectivity index (χ1v) is 18.4. The average molecular weight is 633 g/mol. The summed E-state index contributed by atoms with van der Waals surface area (Å²) in [5, 5.41) is 0. The van der Waals surface area contributed by atoms with Gasteiger partial charge in [-0.25, -0.2) is 0 Å². The second kappa shape index (κ2) is 10.9. The van der Waals surface area contributed by atoms with Crippen LogP contribution >= 0.6 is 0 Å². The first-order valence-electron chi connectivity index (χ1n) is 18.4. The van der Waals surface area contributed by atoms with Crippen molar-refractivity contribution < 1.29 is 23.7 Å². The molecule has 1 aliphatic heterocycles. The zero-order chi connectivity index (χ0) is 32.9. The molecule has 5 nitrogen and oxygen atoms in total. The summed E-state index contributed by atoms with van der Waals surface area (Å²) in [6.07, 6.45) is 11.2. The third kappa shape index (κ3) is 4.45. The Balaban J connectivity index is 1.28. The lowest BCUT2D eigenvalue weighted by Gasteiger charge is -2.72. The summed E-state index contributed by atoms with van der Waals surface area (Å²) in [6, 6.07) is 10.6. The van der Waals surface area contributed by atoms with Gasteiger partial charge in [0.05, 0.1) is 37.9 Å². The summed E-state index contributed by atoms with van der Waals surface area (Å²) in [7, 11) is 1.60. The van der Waals surface area contributed by atoms with Gasteiger partial charge in [0.25, 0.3) is 0 Å². The maximum atomic E-state index is 13.7. The van der Waals surface area contributed by atoms with Crippen molar-refractivity contribution >= 4 is 5.97 Å². The molecule has 12 atom stereocenters. The second-order valence-electron chi connectivity index (χ2n) is 18.1. The fourth-order valence-corrected chi connectivity index (χ4v) is 12.9. The van der Waals surface area contributed by atoms with Crippen LogP contribution in [-0.4, -0.2) is 37.7 Å². The van der Waals surface area contributed by atoms with Crippen molar-refractivity contribution in [3.63, 3.8) is 0 Å². The van der Waals surface area contributed by atoms with Crippen molar-refractivity contribution in [3.05, 3.63) is 47.5 Å². The number of hydrogen-bond acceptors (Lipinski definition) is 5. The molecule has 5 heteroatoms. The lowest BCUT2D eigenvalue weighted by atomic mass is 9.33. The van der Waals surface area contributed by atoms with Gasteiger partial charge in [-0.2, -0.15) is 0 Å². The molecule has 0 aromatic heterocycles. The molecular weight excluding hydrogens is 572 g/mol. The Morgan fingerprint density at radius 2 is 1.65 bits per heavy atom. The quantitative estimate of drug-likeness (QED) is 0.245. The van der Waals surface area contributed by atoms with Crippen LogP contribution in [0.25, 0.3) is 0 Å². The van der Waals surface area contributed by atoms with Gasteiger partial charge < -0.3 is 18.9 Å². The molecule has 4 saturated carbocycles. The molecule has 5 aliphatic carbocycles. The Kier molecular flexibility index (Phi) is 7.79. The first-order chi connectivity index (χ1) is 21.7. The third-order valence-electron chi connectivity index (χ3n) is 15.7. The second-order valence-corrected chi connectivity index (χ2v) is 18.1. The van der Waals surface area contributed by atoms with E-state index in [1.54, 1.807) is 12.7 Å². The Labute approximate surface area is 278 Å². The molecule has 0 bridgehead atoms. The topological polar surface area (TPSA) is 54.0 Å². The van der Waals surface area contributed by atoms with Gasteiger partial charge in [-0.3, -0.25) is 4.79 Å². The fourth-order valence-electron chi connectivity index (χ4n) is 12.9. The summed E-state index contributed by atoms with van der Waals surface area (Å²) in [5.41, 5.74) is 2.55. The minimum absolute atomic E-state index is 0.00675. The van der Waals surface area contributed by atoms with Gasteiger partial charge in [-0.05, 0) is 117 Å². The third-order valence-corrected chi connectivity index (χ3v) is 15.7. The monoisotopic (exact) mass is 632 g/mol. The van der Waals surface area contributed by atoms with Gasteiger partial charge in [0.1, 0.15) is 0 Å². The van der Waals surface area contributed by atoms with E-state index in [9.17, 15) is 4.79 Å². The zero-order valence-corrected chi connectivity index (χ0v) is 30.1. The van der Waals surface area contributed by atoms with Crippen LogP contribution in [0.15, 0.2) is 42.0 Å². The predicted octanol–water partition coefficient (Wildman–Crippen LogP) is 9.14.